The van der Waals surface area contributed by atoms with Crippen molar-refractivity contribution in [3.8, 4) is 5.75 Å². The van der Waals surface area contributed by atoms with Crippen LogP contribution in [-0.4, -0.2) is 27.0 Å². The lowest BCUT2D eigenvalue weighted by molar-refractivity contribution is 0.0943. The number of carbonyl (C=O) groups excluding carboxylic acids is 1. The molecular weight excluding hydrogens is 344 g/mol. The smallest absolute Gasteiger partial charge is 0.268 e. The summed E-state index contributed by atoms with van der Waals surface area (Å²) < 4.78 is 8.42. The number of hydrogen-bond donors (Lipinski definition) is 1. The van der Waals surface area contributed by atoms with Crippen molar-refractivity contribution in [3.63, 3.8) is 0 Å². The van der Waals surface area contributed by atoms with E-state index in [1.165, 1.54) is 4.40 Å². The first-order chi connectivity index (χ1) is 13.1. The average Bonchev–Trinajstić information content (AvgIpc) is 3.03. The Morgan fingerprint density at radius 3 is 2.78 bits per heavy atom. The minimum absolute atomic E-state index is 0.199. The van der Waals surface area contributed by atoms with Crippen molar-refractivity contribution in [2.24, 2.45) is 7.05 Å². The molecule has 27 heavy (non-hydrogen) atoms. The molecule has 0 radical (unpaired) electrons. The fraction of sp³-hybridized carbons (Fsp3) is 0.150. The number of nitrogens with one attached hydrogen (secondary N) is 1. The molecule has 3 aromatic heterocycles. The fourth-order valence-electron chi connectivity index (χ4n) is 3.15. The first-order valence-electron chi connectivity index (χ1n) is 8.47. The van der Waals surface area contributed by atoms with Crippen LogP contribution in [0, 0.1) is 0 Å². The number of hydrogen-bond acceptors (Lipinski definition) is 4. The van der Waals surface area contributed by atoms with Crippen molar-refractivity contribution in [1.82, 2.24) is 19.3 Å². The van der Waals surface area contributed by atoms with Crippen LogP contribution >= 0.6 is 0 Å². The number of amides is 1. The summed E-state index contributed by atoms with van der Waals surface area (Å²) in [5.74, 6) is 0.427. The molecule has 3 heterocycles. The van der Waals surface area contributed by atoms with Gasteiger partial charge in [0.15, 0.2) is 0 Å². The van der Waals surface area contributed by atoms with Crippen molar-refractivity contribution < 1.29 is 9.53 Å². The minimum Gasteiger partial charge on any atom is -0.496 e. The Bertz CT molecular complexity index is 1220. The molecule has 0 aliphatic heterocycles. The molecule has 136 valence electrons. The van der Waals surface area contributed by atoms with Gasteiger partial charge in [-0.3, -0.25) is 14.0 Å². The summed E-state index contributed by atoms with van der Waals surface area (Å²) in [6.45, 7) is 0.318. The van der Waals surface area contributed by atoms with E-state index in [-0.39, 0.29) is 11.5 Å². The summed E-state index contributed by atoms with van der Waals surface area (Å²) in [6, 6.07) is 14.4. The summed E-state index contributed by atoms with van der Waals surface area (Å²) in [6.07, 6.45) is 1.67. The van der Waals surface area contributed by atoms with E-state index in [2.05, 4.69) is 10.3 Å². The molecule has 0 bridgehead atoms. The predicted molar refractivity (Wildman–Crippen MR) is 102 cm³/mol. The van der Waals surface area contributed by atoms with Gasteiger partial charge in [-0.15, -0.1) is 0 Å². The molecule has 0 unspecified atom stereocenters. The van der Waals surface area contributed by atoms with E-state index in [4.69, 9.17) is 4.74 Å². The van der Waals surface area contributed by atoms with E-state index in [1.807, 2.05) is 30.3 Å². The highest BCUT2D eigenvalue weighted by molar-refractivity contribution is 5.98. The van der Waals surface area contributed by atoms with Gasteiger partial charge in [0.2, 0.25) is 0 Å². The SMILES string of the molecule is COc1ccccc1CNC(=O)c1cc2c(=O)n3ccccc3nc2n1C. The number of benzene rings is 1. The van der Waals surface area contributed by atoms with Gasteiger partial charge >= 0.3 is 0 Å². The van der Waals surface area contributed by atoms with Gasteiger partial charge in [0.1, 0.15) is 22.7 Å². The summed E-state index contributed by atoms with van der Waals surface area (Å²) >= 11 is 0. The van der Waals surface area contributed by atoms with Crippen LogP contribution in [0.1, 0.15) is 16.1 Å². The average molecular weight is 362 g/mol. The van der Waals surface area contributed by atoms with Gasteiger partial charge in [-0.05, 0) is 24.3 Å². The Kier molecular flexibility index (Phi) is 4.12. The van der Waals surface area contributed by atoms with Crippen molar-refractivity contribution >= 4 is 22.6 Å². The number of rotatable bonds is 4. The van der Waals surface area contributed by atoms with Gasteiger partial charge in [0, 0.05) is 25.4 Å². The maximum atomic E-state index is 12.7. The van der Waals surface area contributed by atoms with Crippen molar-refractivity contribution in [3.05, 3.63) is 76.3 Å². The van der Waals surface area contributed by atoms with Crippen molar-refractivity contribution in [2.75, 3.05) is 7.11 Å². The second kappa shape index (κ2) is 6.60. The molecule has 4 aromatic rings. The Morgan fingerprint density at radius 1 is 1.19 bits per heavy atom. The Balaban J connectivity index is 1.70. The topological polar surface area (TPSA) is 77.6 Å². The van der Waals surface area contributed by atoms with Crippen LogP contribution in [-0.2, 0) is 13.6 Å². The molecule has 1 N–H and O–H groups in total. The molecule has 1 aromatic carbocycles. The molecule has 0 saturated heterocycles. The lowest BCUT2D eigenvalue weighted by Crippen LogP contribution is -2.25. The van der Waals surface area contributed by atoms with Crippen LogP contribution in [0.25, 0.3) is 16.7 Å². The lowest BCUT2D eigenvalue weighted by atomic mass is 10.2. The van der Waals surface area contributed by atoms with Gasteiger partial charge in [-0.25, -0.2) is 4.98 Å². The highest BCUT2D eigenvalue weighted by Gasteiger charge is 2.17. The first kappa shape index (κ1) is 16.8. The quantitative estimate of drug-likeness (QED) is 0.603. The van der Waals surface area contributed by atoms with Crippen LogP contribution < -0.4 is 15.6 Å². The Labute approximate surface area is 154 Å². The number of aromatic nitrogens is 3. The van der Waals surface area contributed by atoms with Gasteiger partial charge in [0.05, 0.1) is 12.5 Å². The molecule has 0 saturated carbocycles. The van der Waals surface area contributed by atoms with E-state index >= 15 is 0 Å². The lowest BCUT2D eigenvalue weighted by Gasteiger charge is -2.10. The van der Waals surface area contributed by atoms with Gasteiger partial charge < -0.3 is 14.6 Å². The first-order valence-corrected chi connectivity index (χ1v) is 8.47. The zero-order valence-electron chi connectivity index (χ0n) is 15.0. The summed E-state index contributed by atoms with van der Waals surface area (Å²) in [4.78, 5) is 29.9. The van der Waals surface area contributed by atoms with E-state index in [9.17, 15) is 9.59 Å². The molecule has 1 amide bonds. The number of para-hydroxylation sites is 1. The minimum atomic E-state index is -0.283. The van der Waals surface area contributed by atoms with Gasteiger partial charge in [-0.1, -0.05) is 24.3 Å². The Hall–Kier alpha value is -3.61. The number of pyridine rings is 1. The number of nitrogens with zero attached hydrogens (tertiary/aromatic N) is 3. The number of ether oxygens (including phenoxy) is 1. The van der Waals surface area contributed by atoms with E-state index in [0.717, 1.165) is 5.56 Å². The second-order valence-corrected chi connectivity index (χ2v) is 6.17. The molecule has 7 nitrogen and oxygen atoms in total. The zero-order valence-corrected chi connectivity index (χ0v) is 15.0. The number of aryl methyl sites for hydroxylation is 1. The normalized spacial score (nSPS) is 11.0. The molecule has 0 fully saturated rings. The molecule has 7 heteroatoms. The summed E-state index contributed by atoms with van der Waals surface area (Å²) in [5, 5.41) is 3.28. The molecular formula is C20H18N4O3. The molecule has 0 spiro atoms. The third-order valence-corrected chi connectivity index (χ3v) is 4.57. The van der Waals surface area contributed by atoms with Crippen LogP contribution in [0.2, 0.25) is 0 Å². The number of carbonyl (C=O) groups is 1. The second-order valence-electron chi connectivity index (χ2n) is 6.17. The largest absolute Gasteiger partial charge is 0.496 e. The molecule has 4 rings (SSSR count). The number of methoxy groups -OCH3 is 1. The molecule has 0 aliphatic rings. The van der Waals surface area contributed by atoms with Crippen molar-refractivity contribution in [2.45, 2.75) is 6.54 Å². The molecule has 0 atom stereocenters. The zero-order chi connectivity index (χ0) is 19.0. The van der Waals surface area contributed by atoms with Crippen LogP contribution in [0.4, 0.5) is 0 Å². The summed E-state index contributed by atoms with van der Waals surface area (Å²) in [5.41, 5.74) is 2.07. The van der Waals surface area contributed by atoms with Crippen LogP contribution in [0.3, 0.4) is 0 Å². The van der Waals surface area contributed by atoms with E-state index in [0.29, 0.717) is 34.7 Å². The fourth-order valence-corrected chi connectivity index (χ4v) is 3.15. The third-order valence-electron chi connectivity index (χ3n) is 4.57. The predicted octanol–water partition coefficient (Wildman–Crippen LogP) is 2.12. The van der Waals surface area contributed by atoms with Crippen molar-refractivity contribution in [1.29, 1.82) is 0 Å². The standard InChI is InChI=1S/C20H18N4O3/c1-23-15(19(25)21-12-13-7-3-4-8-16(13)27-2)11-14-18(23)22-17-9-5-6-10-24(17)20(14)26/h3-11H,12H2,1-2H3,(H,21,25). The maximum absolute atomic E-state index is 12.7. The maximum Gasteiger partial charge on any atom is 0.268 e. The molecule has 0 aliphatic carbocycles. The third kappa shape index (κ3) is 2.83. The monoisotopic (exact) mass is 362 g/mol. The highest BCUT2D eigenvalue weighted by atomic mass is 16.5. The van der Waals surface area contributed by atoms with Crippen LogP contribution in [0.15, 0.2) is 59.5 Å². The van der Waals surface area contributed by atoms with E-state index < -0.39 is 0 Å². The van der Waals surface area contributed by atoms with Crippen LogP contribution in [0.5, 0.6) is 5.75 Å². The Morgan fingerprint density at radius 2 is 1.96 bits per heavy atom. The van der Waals surface area contributed by atoms with Gasteiger partial charge in [-0.2, -0.15) is 0 Å². The highest BCUT2D eigenvalue weighted by Crippen LogP contribution is 2.18. The van der Waals surface area contributed by atoms with E-state index in [1.54, 1.807) is 43.1 Å². The summed E-state index contributed by atoms with van der Waals surface area (Å²) in [7, 11) is 3.32. The number of fused-ring (bicyclic) bond motifs is 2. The van der Waals surface area contributed by atoms with Gasteiger partial charge in [0.25, 0.3) is 11.5 Å².